The Morgan fingerprint density at radius 3 is 2.48 bits per heavy atom. The van der Waals surface area contributed by atoms with Crippen molar-refractivity contribution in [1.82, 2.24) is 9.99 Å². The van der Waals surface area contributed by atoms with Crippen LogP contribution in [0.3, 0.4) is 0 Å². The molecule has 2 aromatic carbocycles. The van der Waals surface area contributed by atoms with E-state index >= 15 is 0 Å². The molecule has 0 aliphatic heterocycles. The zero-order valence-corrected chi connectivity index (χ0v) is 17.5. The SMILES string of the molecule is CCCOc1ccc(C(=O)N/N=C/c2cc(C)n(-c3ccc(Cl)cc3)c2C)cc1. The van der Waals surface area contributed by atoms with Crippen molar-refractivity contribution < 1.29 is 9.53 Å². The van der Waals surface area contributed by atoms with Gasteiger partial charge in [0.1, 0.15) is 5.75 Å². The average Bonchev–Trinajstić information content (AvgIpc) is 3.00. The molecule has 0 fully saturated rings. The predicted molar refractivity (Wildman–Crippen MR) is 118 cm³/mol. The normalized spacial score (nSPS) is 11.0. The van der Waals surface area contributed by atoms with Crippen LogP contribution in [-0.4, -0.2) is 23.3 Å². The van der Waals surface area contributed by atoms with Crippen molar-refractivity contribution in [2.24, 2.45) is 5.10 Å². The number of carbonyl (C=O) groups is 1. The zero-order chi connectivity index (χ0) is 20.8. The molecular formula is C23H24ClN3O2. The maximum absolute atomic E-state index is 12.3. The molecule has 6 heteroatoms. The van der Waals surface area contributed by atoms with Gasteiger partial charge in [-0.3, -0.25) is 4.79 Å². The molecule has 3 rings (SSSR count). The van der Waals surface area contributed by atoms with E-state index in [1.807, 2.05) is 51.1 Å². The number of benzene rings is 2. The molecule has 0 saturated heterocycles. The van der Waals surface area contributed by atoms with Crippen LogP contribution in [0.25, 0.3) is 5.69 Å². The van der Waals surface area contributed by atoms with Gasteiger partial charge in [-0.2, -0.15) is 5.10 Å². The smallest absolute Gasteiger partial charge is 0.271 e. The van der Waals surface area contributed by atoms with Crippen molar-refractivity contribution in [1.29, 1.82) is 0 Å². The van der Waals surface area contributed by atoms with Crippen LogP contribution in [0.1, 0.15) is 40.7 Å². The molecule has 1 N–H and O–H groups in total. The number of ether oxygens (including phenoxy) is 1. The number of carbonyl (C=O) groups excluding carboxylic acids is 1. The number of hydrazone groups is 1. The topological polar surface area (TPSA) is 55.6 Å². The quantitative estimate of drug-likeness (QED) is 0.425. The van der Waals surface area contributed by atoms with Gasteiger partial charge >= 0.3 is 0 Å². The molecule has 0 radical (unpaired) electrons. The van der Waals surface area contributed by atoms with Crippen molar-refractivity contribution in [3.63, 3.8) is 0 Å². The maximum atomic E-state index is 12.3. The fourth-order valence-corrected chi connectivity index (χ4v) is 3.18. The molecule has 1 aromatic heterocycles. The van der Waals surface area contributed by atoms with Gasteiger partial charge in [0.25, 0.3) is 5.91 Å². The zero-order valence-electron chi connectivity index (χ0n) is 16.8. The summed E-state index contributed by atoms with van der Waals surface area (Å²) in [4.78, 5) is 12.3. The molecular weight excluding hydrogens is 386 g/mol. The number of amides is 1. The second-order valence-corrected chi connectivity index (χ2v) is 7.15. The number of nitrogens with zero attached hydrogens (tertiary/aromatic N) is 2. The van der Waals surface area contributed by atoms with E-state index in [1.165, 1.54) is 0 Å². The van der Waals surface area contributed by atoms with Crippen LogP contribution in [0.15, 0.2) is 59.7 Å². The molecule has 1 heterocycles. The summed E-state index contributed by atoms with van der Waals surface area (Å²) >= 11 is 5.99. The number of rotatable bonds is 7. The lowest BCUT2D eigenvalue weighted by molar-refractivity contribution is 0.0955. The van der Waals surface area contributed by atoms with Gasteiger partial charge in [0.05, 0.1) is 12.8 Å². The highest BCUT2D eigenvalue weighted by Crippen LogP contribution is 2.21. The summed E-state index contributed by atoms with van der Waals surface area (Å²) in [6.07, 6.45) is 2.60. The van der Waals surface area contributed by atoms with Gasteiger partial charge in [0.15, 0.2) is 0 Å². The Balaban J connectivity index is 1.68. The third-order valence-corrected chi connectivity index (χ3v) is 4.77. The van der Waals surface area contributed by atoms with Crippen LogP contribution in [0, 0.1) is 13.8 Å². The molecule has 3 aromatic rings. The van der Waals surface area contributed by atoms with Crippen LogP contribution < -0.4 is 10.2 Å². The van der Waals surface area contributed by atoms with Gasteiger partial charge in [-0.15, -0.1) is 0 Å². The predicted octanol–water partition coefficient (Wildman–Crippen LogP) is 5.30. The Bertz CT molecular complexity index is 1010. The highest BCUT2D eigenvalue weighted by atomic mass is 35.5. The van der Waals surface area contributed by atoms with E-state index in [0.717, 1.165) is 34.8 Å². The molecule has 0 aliphatic rings. The maximum Gasteiger partial charge on any atom is 0.271 e. The third-order valence-electron chi connectivity index (χ3n) is 4.51. The van der Waals surface area contributed by atoms with E-state index in [1.54, 1.807) is 30.5 Å². The first-order chi connectivity index (χ1) is 14.0. The van der Waals surface area contributed by atoms with E-state index < -0.39 is 0 Å². The van der Waals surface area contributed by atoms with E-state index in [9.17, 15) is 4.79 Å². The average molecular weight is 410 g/mol. The molecule has 0 atom stereocenters. The monoisotopic (exact) mass is 409 g/mol. The molecule has 29 heavy (non-hydrogen) atoms. The largest absolute Gasteiger partial charge is 0.494 e. The fraction of sp³-hybridized carbons (Fsp3) is 0.217. The minimum atomic E-state index is -0.269. The molecule has 1 amide bonds. The minimum Gasteiger partial charge on any atom is -0.494 e. The van der Waals surface area contributed by atoms with Crippen molar-refractivity contribution in [3.05, 3.63) is 82.1 Å². The van der Waals surface area contributed by atoms with Crippen LogP contribution in [0.4, 0.5) is 0 Å². The lowest BCUT2D eigenvalue weighted by atomic mass is 10.2. The van der Waals surface area contributed by atoms with Gasteiger partial charge in [-0.25, -0.2) is 5.43 Å². The summed E-state index contributed by atoms with van der Waals surface area (Å²) in [5.41, 5.74) is 7.16. The summed E-state index contributed by atoms with van der Waals surface area (Å²) < 4.78 is 7.65. The van der Waals surface area contributed by atoms with Gasteiger partial charge < -0.3 is 9.30 Å². The molecule has 0 aliphatic carbocycles. The number of aromatic nitrogens is 1. The number of nitrogens with one attached hydrogen (secondary N) is 1. The molecule has 150 valence electrons. The first-order valence-electron chi connectivity index (χ1n) is 9.50. The van der Waals surface area contributed by atoms with Gasteiger partial charge in [-0.1, -0.05) is 18.5 Å². The molecule has 0 unspecified atom stereocenters. The number of hydrogen-bond acceptors (Lipinski definition) is 3. The molecule has 0 bridgehead atoms. The van der Waals surface area contributed by atoms with E-state index in [4.69, 9.17) is 16.3 Å². The Labute approximate surface area is 176 Å². The van der Waals surface area contributed by atoms with E-state index in [0.29, 0.717) is 17.2 Å². The Hall–Kier alpha value is -3.05. The third kappa shape index (κ3) is 5.06. The lowest BCUT2D eigenvalue weighted by Gasteiger charge is -2.09. The number of halogens is 1. The summed E-state index contributed by atoms with van der Waals surface area (Å²) in [5, 5.41) is 4.82. The Kier molecular flexibility index (Phi) is 6.73. The van der Waals surface area contributed by atoms with E-state index in [2.05, 4.69) is 15.1 Å². The second kappa shape index (κ2) is 9.43. The van der Waals surface area contributed by atoms with Crippen LogP contribution in [0.2, 0.25) is 5.02 Å². The molecule has 0 spiro atoms. The minimum absolute atomic E-state index is 0.269. The molecule has 0 saturated carbocycles. The highest BCUT2D eigenvalue weighted by molar-refractivity contribution is 6.30. The lowest BCUT2D eigenvalue weighted by Crippen LogP contribution is -2.17. The first kappa shape index (κ1) is 20.7. The van der Waals surface area contributed by atoms with Crippen LogP contribution >= 0.6 is 11.6 Å². The standard InChI is InChI=1S/C23H24ClN3O2/c1-4-13-29-22-11-5-18(6-12-22)23(28)26-25-15-19-14-16(2)27(17(19)3)21-9-7-20(24)8-10-21/h5-12,14-15H,4,13H2,1-3H3,(H,26,28)/b25-15+. The van der Waals surface area contributed by atoms with Crippen molar-refractivity contribution in [2.45, 2.75) is 27.2 Å². The summed E-state index contributed by atoms with van der Waals surface area (Å²) in [6.45, 7) is 6.75. The van der Waals surface area contributed by atoms with E-state index in [-0.39, 0.29) is 5.91 Å². The van der Waals surface area contributed by atoms with Crippen molar-refractivity contribution in [3.8, 4) is 11.4 Å². The Morgan fingerprint density at radius 1 is 1.14 bits per heavy atom. The fourth-order valence-electron chi connectivity index (χ4n) is 3.05. The second-order valence-electron chi connectivity index (χ2n) is 6.71. The molecule has 5 nitrogen and oxygen atoms in total. The highest BCUT2D eigenvalue weighted by Gasteiger charge is 2.10. The first-order valence-corrected chi connectivity index (χ1v) is 9.88. The number of aryl methyl sites for hydroxylation is 1. The Morgan fingerprint density at radius 2 is 1.83 bits per heavy atom. The van der Waals surface area contributed by atoms with Gasteiger partial charge in [0, 0.05) is 33.2 Å². The van der Waals surface area contributed by atoms with Crippen molar-refractivity contribution >= 4 is 23.7 Å². The van der Waals surface area contributed by atoms with Crippen LogP contribution in [0.5, 0.6) is 5.75 Å². The van der Waals surface area contributed by atoms with Gasteiger partial charge in [-0.05, 0) is 74.9 Å². The number of hydrogen-bond donors (Lipinski definition) is 1. The summed E-state index contributed by atoms with van der Waals surface area (Å²) in [5.74, 6) is 0.483. The van der Waals surface area contributed by atoms with Crippen LogP contribution in [-0.2, 0) is 0 Å². The summed E-state index contributed by atoms with van der Waals surface area (Å²) in [6, 6.07) is 16.7. The van der Waals surface area contributed by atoms with Gasteiger partial charge in [0.2, 0.25) is 0 Å². The summed E-state index contributed by atoms with van der Waals surface area (Å²) in [7, 11) is 0. The van der Waals surface area contributed by atoms with Crippen molar-refractivity contribution in [2.75, 3.05) is 6.61 Å².